The predicted octanol–water partition coefficient (Wildman–Crippen LogP) is 5.56. The van der Waals surface area contributed by atoms with Crippen LogP contribution in [0.5, 0.6) is 0 Å². The average Bonchev–Trinajstić information content (AvgIpc) is 2.58. The Morgan fingerprint density at radius 2 is 1.53 bits per heavy atom. The van der Waals surface area contributed by atoms with Gasteiger partial charge in [0.05, 0.1) is 10.0 Å². The molecule has 1 aromatic rings. The van der Waals surface area contributed by atoms with Crippen LogP contribution in [-0.2, 0) is 0 Å². The van der Waals surface area contributed by atoms with Crippen LogP contribution in [0.15, 0.2) is 29.3 Å². The van der Waals surface area contributed by atoms with Crippen LogP contribution in [0.3, 0.4) is 0 Å². The summed E-state index contributed by atoms with van der Waals surface area (Å²) in [4.78, 5) is 0. The lowest BCUT2D eigenvalue weighted by atomic mass is 10.1. The minimum absolute atomic E-state index is 0.452. The number of halogens is 4. The van der Waals surface area contributed by atoms with Crippen molar-refractivity contribution < 1.29 is 0 Å². The van der Waals surface area contributed by atoms with E-state index in [1.807, 2.05) is 12.2 Å². The van der Waals surface area contributed by atoms with Crippen molar-refractivity contribution in [2.24, 2.45) is 0 Å². The largest absolute Gasteiger partial charge is 0.0840 e. The number of benzene rings is 1. The van der Waals surface area contributed by atoms with Gasteiger partial charge in [-0.3, -0.25) is 0 Å². The average molecular weight is 280 g/mol. The van der Waals surface area contributed by atoms with Crippen LogP contribution >= 0.6 is 46.4 Å². The van der Waals surface area contributed by atoms with E-state index in [0.29, 0.717) is 20.1 Å². The maximum absolute atomic E-state index is 6.08. The van der Waals surface area contributed by atoms with Crippen molar-refractivity contribution in [2.45, 2.75) is 6.42 Å². The molecule has 0 bridgehead atoms. The topological polar surface area (TPSA) is 0 Å². The zero-order valence-corrected chi connectivity index (χ0v) is 10.6. The van der Waals surface area contributed by atoms with Gasteiger partial charge in [0.15, 0.2) is 0 Å². The molecular formula is C11H6Cl4. The molecule has 15 heavy (non-hydrogen) atoms. The Balaban J connectivity index is 2.55. The molecule has 0 heterocycles. The van der Waals surface area contributed by atoms with E-state index in [0.717, 1.165) is 17.6 Å². The summed E-state index contributed by atoms with van der Waals surface area (Å²) in [5.41, 5.74) is 1.83. The zero-order valence-electron chi connectivity index (χ0n) is 7.53. The van der Waals surface area contributed by atoms with Gasteiger partial charge >= 0.3 is 0 Å². The Morgan fingerprint density at radius 1 is 0.867 bits per heavy atom. The van der Waals surface area contributed by atoms with E-state index in [1.54, 1.807) is 12.1 Å². The first kappa shape index (κ1) is 11.3. The first-order chi connectivity index (χ1) is 7.09. The second kappa shape index (κ2) is 4.39. The lowest BCUT2D eigenvalue weighted by Crippen LogP contribution is -1.85. The molecule has 0 N–H and O–H groups in total. The molecule has 0 radical (unpaired) electrons. The molecule has 0 aromatic heterocycles. The van der Waals surface area contributed by atoms with E-state index in [9.17, 15) is 0 Å². The predicted molar refractivity (Wildman–Crippen MR) is 68.0 cm³/mol. The van der Waals surface area contributed by atoms with Crippen LogP contribution in [0, 0.1) is 0 Å². The summed E-state index contributed by atoms with van der Waals surface area (Å²) in [6.45, 7) is 0. The van der Waals surface area contributed by atoms with Crippen molar-refractivity contribution in [1.82, 2.24) is 0 Å². The zero-order chi connectivity index (χ0) is 11.0. The summed E-state index contributed by atoms with van der Waals surface area (Å²) in [6, 6.07) is 3.38. The lowest BCUT2D eigenvalue weighted by molar-refractivity contribution is 1.43. The molecule has 0 nitrogen and oxygen atoms in total. The fourth-order valence-electron chi connectivity index (χ4n) is 1.47. The molecule has 1 aromatic carbocycles. The molecule has 0 aliphatic heterocycles. The molecule has 1 aliphatic rings. The highest BCUT2D eigenvalue weighted by molar-refractivity contribution is 6.44. The van der Waals surface area contributed by atoms with Crippen LogP contribution in [0.4, 0.5) is 0 Å². The van der Waals surface area contributed by atoms with E-state index in [-0.39, 0.29) is 0 Å². The molecule has 0 saturated carbocycles. The Kier molecular flexibility index (Phi) is 3.32. The summed E-state index contributed by atoms with van der Waals surface area (Å²) in [7, 11) is 0. The molecule has 0 spiro atoms. The molecule has 4 heteroatoms. The van der Waals surface area contributed by atoms with Gasteiger partial charge in [0.25, 0.3) is 0 Å². The Morgan fingerprint density at radius 3 is 2.13 bits per heavy atom. The Hall–Kier alpha value is -0.140. The maximum atomic E-state index is 6.08. The minimum Gasteiger partial charge on any atom is -0.0840 e. The highest BCUT2D eigenvalue weighted by atomic mass is 35.5. The third-order valence-electron chi connectivity index (χ3n) is 2.21. The standard InChI is InChI=1S/C11H6Cl4/c12-8-3-1-2-6(8)7-4-10(14)11(15)5-9(7)13/h1,3-5H,2H2. The van der Waals surface area contributed by atoms with Crippen molar-refractivity contribution in [3.63, 3.8) is 0 Å². The molecule has 0 unspecified atom stereocenters. The van der Waals surface area contributed by atoms with E-state index >= 15 is 0 Å². The van der Waals surface area contributed by atoms with Gasteiger partial charge in [-0.15, -0.1) is 0 Å². The van der Waals surface area contributed by atoms with Crippen molar-refractivity contribution in [3.8, 4) is 0 Å². The SMILES string of the molecule is ClC1=C(c2cc(Cl)c(Cl)cc2Cl)CC=C1. The molecule has 78 valence electrons. The molecule has 0 fully saturated rings. The van der Waals surface area contributed by atoms with Crippen LogP contribution in [0.1, 0.15) is 12.0 Å². The van der Waals surface area contributed by atoms with Crippen LogP contribution in [0.2, 0.25) is 15.1 Å². The van der Waals surface area contributed by atoms with Gasteiger partial charge in [-0.05, 0) is 35.8 Å². The molecule has 0 atom stereocenters. The number of hydrogen-bond acceptors (Lipinski definition) is 0. The second-order valence-corrected chi connectivity index (χ2v) is 4.81. The number of allylic oxidation sites excluding steroid dienone is 4. The van der Waals surface area contributed by atoms with E-state index in [4.69, 9.17) is 46.4 Å². The fraction of sp³-hybridized carbons (Fsp3) is 0.0909. The third-order valence-corrected chi connectivity index (χ3v) is 3.60. The van der Waals surface area contributed by atoms with Gasteiger partial charge in [0.1, 0.15) is 0 Å². The lowest BCUT2D eigenvalue weighted by Gasteiger charge is -2.08. The Bertz CT molecular complexity index is 472. The molecule has 2 rings (SSSR count). The first-order valence-electron chi connectivity index (χ1n) is 4.29. The highest BCUT2D eigenvalue weighted by Gasteiger charge is 2.14. The molecule has 0 amide bonds. The number of rotatable bonds is 1. The van der Waals surface area contributed by atoms with Crippen molar-refractivity contribution >= 4 is 52.0 Å². The minimum atomic E-state index is 0.452. The molecule has 0 saturated heterocycles. The smallest absolute Gasteiger partial charge is 0.0607 e. The van der Waals surface area contributed by atoms with E-state index < -0.39 is 0 Å². The van der Waals surface area contributed by atoms with Gasteiger partial charge < -0.3 is 0 Å². The summed E-state index contributed by atoms with van der Waals surface area (Å²) in [5, 5.41) is 2.21. The summed E-state index contributed by atoms with van der Waals surface area (Å²) >= 11 is 23.9. The van der Waals surface area contributed by atoms with Gasteiger partial charge in [-0.1, -0.05) is 52.5 Å². The van der Waals surface area contributed by atoms with Crippen molar-refractivity contribution in [2.75, 3.05) is 0 Å². The molecule has 1 aliphatic carbocycles. The van der Waals surface area contributed by atoms with E-state index in [2.05, 4.69) is 0 Å². The quantitative estimate of drug-likeness (QED) is 0.591. The summed E-state index contributed by atoms with van der Waals surface area (Å²) in [5.74, 6) is 0. The van der Waals surface area contributed by atoms with Crippen LogP contribution in [-0.4, -0.2) is 0 Å². The fourth-order valence-corrected chi connectivity index (χ4v) is 2.40. The third kappa shape index (κ3) is 2.19. The van der Waals surface area contributed by atoms with Gasteiger partial charge in [0, 0.05) is 10.1 Å². The van der Waals surface area contributed by atoms with Crippen molar-refractivity contribution in [3.05, 3.63) is 49.9 Å². The monoisotopic (exact) mass is 278 g/mol. The second-order valence-electron chi connectivity index (χ2n) is 3.18. The first-order valence-corrected chi connectivity index (χ1v) is 5.81. The van der Waals surface area contributed by atoms with Crippen molar-refractivity contribution in [1.29, 1.82) is 0 Å². The van der Waals surface area contributed by atoms with E-state index in [1.165, 1.54) is 0 Å². The summed E-state index contributed by atoms with van der Waals surface area (Å²) in [6.07, 6.45) is 4.61. The normalized spacial score (nSPS) is 15.2. The molecular weight excluding hydrogens is 274 g/mol. The van der Waals surface area contributed by atoms with Gasteiger partial charge in [0.2, 0.25) is 0 Å². The van der Waals surface area contributed by atoms with Crippen LogP contribution in [0.25, 0.3) is 5.57 Å². The highest BCUT2D eigenvalue weighted by Crippen LogP contribution is 2.38. The van der Waals surface area contributed by atoms with Crippen LogP contribution < -0.4 is 0 Å². The number of hydrogen-bond donors (Lipinski definition) is 0. The van der Waals surface area contributed by atoms with Gasteiger partial charge in [-0.2, -0.15) is 0 Å². The summed E-state index contributed by atoms with van der Waals surface area (Å²) < 4.78 is 0. The maximum Gasteiger partial charge on any atom is 0.0607 e. The Labute approximate surface area is 108 Å². The van der Waals surface area contributed by atoms with Gasteiger partial charge in [-0.25, -0.2) is 0 Å².